The maximum atomic E-state index is 12.8. The molecule has 0 saturated heterocycles. The van der Waals surface area contributed by atoms with Crippen molar-refractivity contribution in [3.63, 3.8) is 0 Å². The minimum Gasteiger partial charge on any atom is -0.267 e. The molecule has 1 aromatic carbocycles. The second-order valence-corrected chi connectivity index (χ2v) is 7.51. The summed E-state index contributed by atoms with van der Waals surface area (Å²) in [7, 11) is 0. The highest BCUT2D eigenvalue weighted by molar-refractivity contribution is 8.00. The topological polar surface area (TPSA) is 60.7 Å². The van der Waals surface area contributed by atoms with Gasteiger partial charge in [0.2, 0.25) is 0 Å². The third kappa shape index (κ3) is 3.71. The van der Waals surface area contributed by atoms with Crippen LogP contribution in [0.4, 0.5) is 13.2 Å². The molecule has 0 aliphatic carbocycles. The molecular weight excluding hydrogens is 397 g/mol. The Kier molecular flexibility index (Phi) is 4.44. The van der Waals surface area contributed by atoms with E-state index in [2.05, 4.69) is 15.0 Å². The molecule has 4 aromatic rings. The number of pyridine rings is 1. The van der Waals surface area contributed by atoms with Crippen molar-refractivity contribution in [1.29, 1.82) is 0 Å². The summed E-state index contributed by atoms with van der Waals surface area (Å²) in [6.07, 6.45) is 4.61. The monoisotopic (exact) mass is 406 g/mol. The van der Waals surface area contributed by atoms with E-state index in [0.717, 1.165) is 5.56 Å². The molecule has 0 unspecified atom stereocenters. The van der Waals surface area contributed by atoms with Crippen molar-refractivity contribution in [2.75, 3.05) is 0 Å². The van der Waals surface area contributed by atoms with Crippen LogP contribution in [0.25, 0.3) is 26.6 Å². The zero-order valence-corrected chi connectivity index (χ0v) is 15.0. The molecule has 0 atom stereocenters. The van der Waals surface area contributed by atoms with Crippen molar-refractivity contribution < 1.29 is 13.2 Å². The summed E-state index contributed by atoms with van der Waals surface area (Å²) in [5.41, 5.74) is -3.16. The van der Waals surface area contributed by atoms with E-state index >= 15 is 0 Å². The Morgan fingerprint density at radius 1 is 1.11 bits per heavy atom. The highest BCUT2D eigenvalue weighted by Crippen LogP contribution is 2.36. The van der Waals surface area contributed by atoms with Gasteiger partial charge in [-0.15, -0.1) is 11.3 Å². The molecule has 0 N–H and O–H groups in total. The number of hydrogen-bond acceptors (Lipinski definition) is 6. The van der Waals surface area contributed by atoms with E-state index in [4.69, 9.17) is 0 Å². The Hall–Kier alpha value is -2.72. The molecule has 3 aromatic heterocycles. The highest BCUT2D eigenvalue weighted by atomic mass is 32.2. The van der Waals surface area contributed by atoms with Crippen LogP contribution in [0.5, 0.6) is 0 Å². The van der Waals surface area contributed by atoms with Crippen LogP contribution in [-0.4, -0.2) is 25.0 Å². The average molecular weight is 406 g/mol. The van der Waals surface area contributed by atoms with Crippen LogP contribution < -0.4 is 5.56 Å². The van der Waals surface area contributed by atoms with Crippen LogP contribution in [0.1, 0.15) is 0 Å². The number of hydrogen-bond donors (Lipinski definition) is 0. The van der Waals surface area contributed by atoms with Crippen LogP contribution in [0, 0.1) is 0 Å². The molecule has 27 heavy (non-hydrogen) atoms. The number of thioether (sulfide) groups is 1. The van der Waals surface area contributed by atoms with Gasteiger partial charge in [-0.2, -0.15) is 13.2 Å². The van der Waals surface area contributed by atoms with Gasteiger partial charge in [0.05, 0.1) is 5.69 Å². The summed E-state index contributed by atoms with van der Waals surface area (Å²) in [6, 6.07) is 9.14. The van der Waals surface area contributed by atoms with Crippen molar-refractivity contribution in [3.8, 4) is 16.3 Å². The van der Waals surface area contributed by atoms with E-state index in [1.807, 2.05) is 6.07 Å². The Morgan fingerprint density at radius 2 is 1.89 bits per heavy atom. The van der Waals surface area contributed by atoms with Crippen LogP contribution in [-0.2, 0) is 0 Å². The molecule has 10 heteroatoms. The standard InChI is InChI=1S/C17H9F3N4OS2/c18-17(19,20)27-12-5-3-11(4-6-12)24-9-22-14-13(16(24)25)26-15(23-14)10-2-1-7-21-8-10/h1-9H. The summed E-state index contributed by atoms with van der Waals surface area (Å²) in [6.45, 7) is 0. The van der Waals surface area contributed by atoms with Crippen molar-refractivity contribution >= 4 is 33.4 Å². The van der Waals surface area contributed by atoms with Gasteiger partial charge in [-0.3, -0.25) is 14.3 Å². The minimum atomic E-state index is -4.36. The third-order valence-electron chi connectivity index (χ3n) is 3.57. The summed E-state index contributed by atoms with van der Waals surface area (Å²) >= 11 is 0.992. The van der Waals surface area contributed by atoms with Gasteiger partial charge in [0.15, 0.2) is 5.65 Å². The van der Waals surface area contributed by atoms with Gasteiger partial charge >= 0.3 is 5.51 Å². The Morgan fingerprint density at radius 3 is 2.56 bits per heavy atom. The largest absolute Gasteiger partial charge is 0.446 e. The second kappa shape index (κ2) is 6.78. The molecule has 136 valence electrons. The first-order valence-electron chi connectivity index (χ1n) is 7.55. The first kappa shape index (κ1) is 17.7. The van der Waals surface area contributed by atoms with Gasteiger partial charge in [0.1, 0.15) is 16.0 Å². The second-order valence-electron chi connectivity index (χ2n) is 5.37. The maximum absolute atomic E-state index is 12.8. The van der Waals surface area contributed by atoms with Gasteiger partial charge in [-0.05, 0) is 48.2 Å². The fourth-order valence-electron chi connectivity index (χ4n) is 2.42. The first-order valence-corrected chi connectivity index (χ1v) is 9.19. The number of benzene rings is 1. The smallest absolute Gasteiger partial charge is 0.267 e. The molecule has 0 saturated carbocycles. The van der Waals surface area contributed by atoms with Gasteiger partial charge in [-0.1, -0.05) is 0 Å². The summed E-state index contributed by atoms with van der Waals surface area (Å²) in [5, 5.41) is 0.623. The Bertz CT molecular complexity index is 1150. The summed E-state index contributed by atoms with van der Waals surface area (Å²) in [5.74, 6) is 0. The van der Waals surface area contributed by atoms with Gasteiger partial charge in [0, 0.05) is 22.9 Å². The molecule has 0 amide bonds. The predicted molar refractivity (Wildman–Crippen MR) is 98.2 cm³/mol. The average Bonchev–Trinajstić information content (AvgIpc) is 3.08. The lowest BCUT2D eigenvalue weighted by Crippen LogP contribution is -2.17. The number of nitrogens with zero attached hydrogens (tertiary/aromatic N) is 4. The number of fused-ring (bicyclic) bond motifs is 1. The summed E-state index contributed by atoms with van der Waals surface area (Å²) in [4.78, 5) is 25.4. The first-order chi connectivity index (χ1) is 12.9. The number of rotatable bonds is 3. The van der Waals surface area contributed by atoms with E-state index < -0.39 is 5.51 Å². The highest BCUT2D eigenvalue weighted by Gasteiger charge is 2.29. The molecule has 0 radical (unpaired) electrons. The fraction of sp³-hybridized carbons (Fsp3) is 0.0588. The zero-order valence-electron chi connectivity index (χ0n) is 13.3. The van der Waals surface area contributed by atoms with Gasteiger partial charge < -0.3 is 0 Å². The fourth-order valence-corrected chi connectivity index (χ4v) is 3.90. The summed E-state index contributed by atoms with van der Waals surface area (Å²) < 4.78 is 39.0. The minimum absolute atomic E-state index is 0.0463. The lowest BCUT2D eigenvalue weighted by Gasteiger charge is -2.08. The van der Waals surface area contributed by atoms with Crippen LogP contribution in [0.3, 0.4) is 0 Å². The number of thiazole rings is 1. The molecule has 4 rings (SSSR count). The maximum Gasteiger partial charge on any atom is 0.446 e. The molecule has 0 spiro atoms. The molecule has 0 fully saturated rings. The predicted octanol–water partition coefficient (Wildman–Crippen LogP) is 4.52. The lowest BCUT2D eigenvalue weighted by atomic mass is 10.3. The third-order valence-corrected chi connectivity index (χ3v) is 5.40. The van der Waals surface area contributed by atoms with Gasteiger partial charge in [-0.25, -0.2) is 9.97 Å². The number of alkyl halides is 3. The van der Waals surface area contributed by atoms with Crippen molar-refractivity contribution in [2.24, 2.45) is 0 Å². The number of aromatic nitrogens is 4. The van der Waals surface area contributed by atoms with Gasteiger partial charge in [0.25, 0.3) is 5.56 Å². The lowest BCUT2D eigenvalue weighted by molar-refractivity contribution is -0.0328. The van der Waals surface area contributed by atoms with Crippen molar-refractivity contribution in [3.05, 3.63) is 65.5 Å². The van der Waals surface area contributed by atoms with Crippen molar-refractivity contribution in [1.82, 2.24) is 19.5 Å². The number of halogens is 3. The van der Waals surface area contributed by atoms with Crippen LogP contribution in [0.2, 0.25) is 0 Å². The van der Waals surface area contributed by atoms with E-state index in [1.165, 1.54) is 46.5 Å². The molecule has 0 bridgehead atoms. The zero-order chi connectivity index (χ0) is 19.0. The van der Waals surface area contributed by atoms with Crippen LogP contribution in [0.15, 0.2) is 64.8 Å². The molecule has 3 heterocycles. The molecule has 0 aliphatic rings. The van der Waals surface area contributed by atoms with E-state index in [1.54, 1.807) is 18.5 Å². The Balaban J connectivity index is 1.73. The SMILES string of the molecule is O=c1c2sc(-c3cccnc3)nc2ncn1-c1ccc(SC(F)(F)F)cc1. The van der Waals surface area contributed by atoms with E-state index in [-0.39, 0.29) is 22.2 Å². The normalized spacial score (nSPS) is 11.8. The molecule has 5 nitrogen and oxygen atoms in total. The van der Waals surface area contributed by atoms with E-state index in [0.29, 0.717) is 21.0 Å². The molecule has 0 aliphatic heterocycles. The van der Waals surface area contributed by atoms with E-state index in [9.17, 15) is 18.0 Å². The van der Waals surface area contributed by atoms with Crippen LogP contribution >= 0.6 is 23.1 Å². The quantitative estimate of drug-likeness (QED) is 0.468. The van der Waals surface area contributed by atoms with Crippen molar-refractivity contribution in [2.45, 2.75) is 10.4 Å². The molecular formula is C17H9F3N4OS2. The Labute approximate surface area is 158 Å².